The summed E-state index contributed by atoms with van der Waals surface area (Å²) >= 11 is 1.34. The quantitative estimate of drug-likeness (QED) is 0.625. The van der Waals surface area contributed by atoms with Crippen LogP contribution in [0.3, 0.4) is 0 Å². The van der Waals surface area contributed by atoms with Crippen molar-refractivity contribution in [1.29, 1.82) is 0 Å². The van der Waals surface area contributed by atoms with Crippen molar-refractivity contribution in [2.75, 3.05) is 4.90 Å². The standard InChI is InChI=1S/C24H28N4O2S/c1-15-8-7-9-19(14-15)28(23(30)21-16(2)26-17(3)31-21)20(18-10-12-25-13-11-18)22(29)27-24(4,5)6/h7-14,20H,1-6H3,(H,27,29). The molecule has 3 rings (SSSR count). The van der Waals surface area contributed by atoms with Crippen molar-refractivity contribution < 1.29 is 9.59 Å². The van der Waals surface area contributed by atoms with Crippen molar-refractivity contribution in [3.63, 3.8) is 0 Å². The third kappa shape index (κ3) is 5.35. The molecule has 0 radical (unpaired) electrons. The maximum atomic E-state index is 13.9. The number of nitrogens with one attached hydrogen (secondary N) is 1. The second kappa shape index (κ2) is 8.98. The summed E-state index contributed by atoms with van der Waals surface area (Å²) in [6.07, 6.45) is 3.27. The van der Waals surface area contributed by atoms with E-state index >= 15 is 0 Å². The zero-order valence-electron chi connectivity index (χ0n) is 18.8. The van der Waals surface area contributed by atoms with Gasteiger partial charge in [0.1, 0.15) is 10.9 Å². The number of amides is 2. The molecule has 0 saturated carbocycles. The van der Waals surface area contributed by atoms with E-state index in [9.17, 15) is 9.59 Å². The van der Waals surface area contributed by atoms with Gasteiger partial charge < -0.3 is 5.32 Å². The molecule has 0 saturated heterocycles. The van der Waals surface area contributed by atoms with E-state index in [1.54, 1.807) is 29.4 Å². The maximum Gasteiger partial charge on any atom is 0.271 e. The fraction of sp³-hybridized carbons (Fsp3) is 0.333. The number of thiazole rings is 1. The molecule has 0 aliphatic carbocycles. The van der Waals surface area contributed by atoms with Crippen LogP contribution < -0.4 is 10.2 Å². The highest BCUT2D eigenvalue weighted by Gasteiger charge is 2.36. The van der Waals surface area contributed by atoms with Crippen LogP contribution in [0.4, 0.5) is 5.69 Å². The Morgan fingerprint density at radius 2 is 1.74 bits per heavy atom. The number of hydrogen-bond donors (Lipinski definition) is 1. The molecule has 31 heavy (non-hydrogen) atoms. The summed E-state index contributed by atoms with van der Waals surface area (Å²) in [5.74, 6) is -0.507. The number of nitrogens with zero attached hydrogens (tertiary/aromatic N) is 3. The van der Waals surface area contributed by atoms with Gasteiger partial charge in [-0.25, -0.2) is 4.98 Å². The van der Waals surface area contributed by atoms with Crippen LogP contribution in [0.5, 0.6) is 0 Å². The van der Waals surface area contributed by atoms with Gasteiger partial charge in [0.25, 0.3) is 5.91 Å². The van der Waals surface area contributed by atoms with E-state index in [0.29, 0.717) is 21.8 Å². The summed E-state index contributed by atoms with van der Waals surface area (Å²) in [6.45, 7) is 11.4. The van der Waals surface area contributed by atoms with Crippen LogP contribution in [0.15, 0.2) is 48.8 Å². The number of rotatable bonds is 5. The first-order valence-electron chi connectivity index (χ1n) is 10.1. The van der Waals surface area contributed by atoms with Gasteiger partial charge in [-0.1, -0.05) is 12.1 Å². The van der Waals surface area contributed by atoms with Crippen LogP contribution in [0, 0.1) is 20.8 Å². The third-order valence-corrected chi connectivity index (χ3v) is 5.68. The second-order valence-corrected chi connectivity index (χ2v) is 9.79. The zero-order chi connectivity index (χ0) is 22.8. The smallest absolute Gasteiger partial charge is 0.271 e. The van der Waals surface area contributed by atoms with Crippen LogP contribution >= 0.6 is 11.3 Å². The summed E-state index contributed by atoms with van der Waals surface area (Å²) < 4.78 is 0. The Bertz CT molecular complexity index is 1090. The van der Waals surface area contributed by atoms with Gasteiger partial charge in [0.15, 0.2) is 0 Å². The Labute approximate surface area is 187 Å². The number of aromatic nitrogens is 2. The van der Waals surface area contributed by atoms with Gasteiger partial charge in [-0.3, -0.25) is 19.5 Å². The Kier molecular flexibility index (Phi) is 6.55. The van der Waals surface area contributed by atoms with Crippen molar-refractivity contribution in [3.8, 4) is 0 Å². The highest BCUT2D eigenvalue weighted by molar-refractivity contribution is 7.13. The predicted molar refractivity (Wildman–Crippen MR) is 124 cm³/mol. The lowest BCUT2D eigenvalue weighted by molar-refractivity contribution is -0.123. The van der Waals surface area contributed by atoms with E-state index < -0.39 is 11.6 Å². The molecule has 6 nitrogen and oxygen atoms in total. The number of benzene rings is 1. The summed E-state index contributed by atoms with van der Waals surface area (Å²) in [4.78, 5) is 38.0. The summed E-state index contributed by atoms with van der Waals surface area (Å²) in [5.41, 5.74) is 2.54. The SMILES string of the molecule is Cc1cccc(N(C(=O)c2sc(C)nc2C)C(C(=O)NC(C)(C)C)c2ccncc2)c1. The van der Waals surface area contributed by atoms with Gasteiger partial charge in [0, 0.05) is 23.6 Å². The fourth-order valence-electron chi connectivity index (χ4n) is 3.40. The van der Waals surface area contributed by atoms with Crippen LogP contribution in [-0.4, -0.2) is 27.3 Å². The van der Waals surface area contributed by atoms with Crippen LogP contribution in [0.1, 0.15) is 58.3 Å². The number of anilines is 1. The molecule has 0 aliphatic rings. The van der Waals surface area contributed by atoms with E-state index in [1.165, 1.54) is 11.3 Å². The van der Waals surface area contributed by atoms with Gasteiger partial charge >= 0.3 is 0 Å². The number of carbonyl (C=O) groups is 2. The van der Waals surface area contributed by atoms with Gasteiger partial charge in [0.05, 0.1) is 10.7 Å². The lowest BCUT2D eigenvalue weighted by atomic mass is 10.0. The molecule has 0 fully saturated rings. The first-order valence-corrected chi connectivity index (χ1v) is 10.9. The average Bonchev–Trinajstić information content (AvgIpc) is 3.02. The van der Waals surface area contributed by atoms with E-state index in [1.807, 2.05) is 65.8 Å². The molecule has 162 valence electrons. The molecule has 1 N–H and O–H groups in total. The molecule has 0 spiro atoms. The largest absolute Gasteiger partial charge is 0.349 e. The first-order chi connectivity index (χ1) is 14.6. The van der Waals surface area contributed by atoms with Crippen molar-refractivity contribution in [2.45, 2.75) is 53.1 Å². The lowest BCUT2D eigenvalue weighted by Gasteiger charge is -2.33. The number of aryl methyl sites for hydroxylation is 3. The van der Waals surface area contributed by atoms with E-state index in [2.05, 4.69) is 15.3 Å². The van der Waals surface area contributed by atoms with Crippen molar-refractivity contribution in [3.05, 3.63) is 75.5 Å². The minimum atomic E-state index is -0.863. The van der Waals surface area contributed by atoms with Crippen molar-refractivity contribution in [1.82, 2.24) is 15.3 Å². The van der Waals surface area contributed by atoms with Gasteiger partial charge in [-0.2, -0.15) is 0 Å². The lowest BCUT2D eigenvalue weighted by Crippen LogP contribution is -2.49. The number of carbonyl (C=O) groups excluding carboxylic acids is 2. The normalized spacial score (nSPS) is 12.3. The van der Waals surface area contributed by atoms with Crippen molar-refractivity contribution in [2.24, 2.45) is 0 Å². The van der Waals surface area contributed by atoms with Crippen LogP contribution in [0.25, 0.3) is 0 Å². The molecule has 0 aliphatic heterocycles. The Morgan fingerprint density at radius 1 is 1.06 bits per heavy atom. The molecular formula is C24H28N4O2S. The maximum absolute atomic E-state index is 13.9. The minimum absolute atomic E-state index is 0.250. The zero-order valence-corrected chi connectivity index (χ0v) is 19.6. The van der Waals surface area contributed by atoms with Gasteiger partial charge in [-0.15, -0.1) is 11.3 Å². The second-order valence-electron chi connectivity index (χ2n) is 8.58. The summed E-state index contributed by atoms with van der Waals surface area (Å²) in [6, 6.07) is 10.3. The Morgan fingerprint density at radius 3 is 2.29 bits per heavy atom. The number of hydrogen-bond acceptors (Lipinski definition) is 5. The molecule has 1 aromatic carbocycles. The Hall–Kier alpha value is -3.06. The Balaban J connectivity index is 2.21. The average molecular weight is 437 g/mol. The van der Waals surface area contributed by atoms with Crippen LogP contribution in [0.2, 0.25) is 0 Å². The summed E-state index contributed by atoms with van der Waals surface area (Å²) in [5, 5.41) is 3.85. The minimum Gasteiger partial charge on any atom is -0.349 e. The van der Waals surface area contributed by atoms with E-state index in [0.717, 1.165) is 10.6 Å². The van der Waals surface area contributed by atoms with Gasteiger partial charge in [-0.05, 0) is 76.9 Å². The molecule has 2 aromatic heterocycles. The van der Waals surface area contributed by atoms with E-state index in [4.69, 9.17) is 0 Å². The highest BCUT2D eigenvalue weighted by Crippen LogP contribution is 2.32. The third-order valence-electron chi connectivity index (χ3n) is 4.62. The molecule has 2 heterocycles. The topological polar surface area (TPSA) is 75.2 Å². The highest BCUT2D eigenvalue weighted by atomic mass is 32.1. The van der Waals surface area contributed by atoms with Crippen molar-refractivity contribution >= 4 is 28.8 Å². The molecular weight excluding hydrogens is 408 g/mol. The molecule has 1 atom stereocenters. The van der Waals surface area contributed by atoms with Gasteiger partial charge in [0.2, 0.25) is 5.91 Å². The molecule has 3 aromatic rings. The fourth-order valence-corrected chi connectivity index (χ4v) is 4.26. The molecule has 1 unspecified atom stereocenters. The number of pyridine rings is 1. The molecule has 0 bridgehead atoms. The molecule has 7 heteroatoms. The first kappa shape index (κ1) is 22.6. The van der Waals surface area contributed by atoms with Crippen LogP contribution in [-0.2, 0) is 4.79 Å². The summed E-state index contributed by atoms with van der Waals surface area (Å²) in [7, 11) is 0. The van der Waals surface area contributed by atoms with E-state index in [-0.39, 0.29) is 11.8 Å². The monoisotopic (exact) mass is 436 g/mol. The predicted octanol–water partition coefficient (Wildman–Crippen LogP) is 4.77. The molecule has 2 amide bonds.